The normalized spacial score (nSPS) is 20.4. The van der Waals surface area contributed by atoms with E-state index in [0.29, 0.717) is 18.9 Å². The number of anilines is 1. The molecule has 3 heteroatoms. The molecular weight excluding hydrogens is 248 g/mol. The van der Waals surface area contributed by atoms with Crippen LogP contribution in [0.4, 0.5) is 5.69 Å². The van der Waals surface area contributed by atoms with Crippen molar-refractivity contribution in [3.63, 3.8) is 0 Å². The molecule has 1 aliphatic heterocycles. The number of hydrogen-bond donors (Lipinski definition) is 1. The van der Waals surface area contributed by atoms with Crippen molar-refractivity contribution >= 4 is 11.6 Å². The van der Waals surface area contributed by atoms with Crippen LogP contribution in [0.3, 0.4) is 0 Å². The second kappa shape index (κ2) is 5.57. The molecule has 1 amide bonds. The van der Waals surface area contributed by atoms with Gasteiger partial charge in [-0.2, -0.15) is 0 Å². The van der Waals surface area contributed by atoms with Gasteiger partial charge in [-0.1, -0.05) is 45.9 Å². The van der Waals surface area contributed by atoms with Gasteiger partial charge in [-0.3, -0.25) is 4.79 Å². The summed E-state index contributed by atoms with van der Waals surface area (Å²) in [5.74, 6) is 0.537. The van der Waals surface area contributed by atoms with Gasteiger partial charge < -0.3 is 10.6 Å². The van der Waals surface area contributed by atoms with Gasteiger partial charge in [-0.05, 0) is 29.4 Å². The fourth-order valence-electron chi connectivity index (χ4n) is 2.54. The number of amides is 1. The minimum Gasteiger partial charge on any atom is -0.326 e. The zero-order valence-corrected chi connectivity index (χ0v) is 13.0. The van der Waals surface area contributed by atoms with E-state index >= 15 is 0 Å². The second-order valence-corrected chi connectivity index (χ2v) is 7.07. The van der Waals surface area contributed by atoms with Crippen molar-refractivity contribution in [1.29, 1.82) is 0 Å². The lowest BCUT2D eigenvalue weighted by Crippen LogP contribution is -2.47. The largest absolute Gasteiger partial charge is 0.326 e. The molecule has 1 aromatic carbocycles. The zero-order chi connectivity index (χ0) is 14.9. The highest BCUT2D eigenvalue weighted by molar-refractivity contribution is 5.94. The first-order chi connectivity index (χ1) is 9.29. The summed E-state index contributed by atoms with van der Waals surface area (Å²) in [6.45, 7) is 9.32. The number of carbonyl (C=O) groups is 1. The van der Waals surface area contributed by atoms with Crippen LogP contribution in [-0.2, 0) is 11.2 Å². The number of carbonyl (C=O) groups excluding carboxylic acids is 1. The minimum absolute atomic E-state index is 0.0405. The van der Waals surface area contributed by atoms with Crippen molar-refractivity contribution in [3.8, 4) is 0 Å². The summed E-state index contributed by atoms with van der Waals surface area (Å²) in [5, 5.41) is 0. The van der Waals surface area contributed by atoms with Gasteiger partial charge in [0.25, 0.3) is 0 Å². The highest BCUT2D eigenvalue weighted by Crippen LogP contribution is 2.31. The summed E-state index contributed by atoms with van der Waals surface area (Å²) < 4.78 is 0. The lowest BCUT2D eigenvalue weighted by Gasteiger charge is -2.35. The Kier molecular flexibility index (Phi) is 4.19. The summed E-state index contributed by atoms with van der Waals surface area (Å²) in [7, 11) is 0. The van der Waals surface area contributed by atoms with Crippen molar-refractivity contribution in [2.75, 3.05) is 11.4 Å². The van der Waals surface area contributed by atoms with Crippen molar-refractivity contribution in [2.45, 2.75) is 46.6 Å². The Morgan fingerprint density at radius 2 is 2.05 bits per heavy atom. The SMILES string of the molecule is CC(CC(=O)N1CC(N)Cc2ccccc21)C(C)(C)C. The number of fused-ring (bicyclic) bond motifs is 1. The van der Waals surface area contributed by atoms with E-state index in [1.54, 1.807) is 0 Å². The van der Waals surface area contributed by atoms with Gasteiger partial charge in [-0.25, -0.2) is 0 Å². The summed E-state index contributed by atoms with van der Waals surface area (Å²) in [5.41, 5.74) is 8.47. The molecule has 0 saturated carbocycles. The Morgan fingerprint density at radius 3 is 2.70 bits per heavy atom. The van der Waals surface area contributed by atoms with Crippen LogP contribution in [0.2, 0.25) is 0 Å². The van der Waals surface area contributed by atoms with E-state index in [0.717, 1.165) is 12.1 Å². The summed E-state index contributed by atoms with van der Waals surface area (Å²) in [4.78, 5) is 14.5. The minimum atomic E-state index is 0.0405. The summed E-state index contributed by atoms with van der Waals surface area (Å²) in [6.07, 6.45) is 1.43. The fourth-order valence-corrected chi connectivity index (χ4v) is 2.54. The van der Waals surface area contributed by atoms with E-state index in [4.69, 9.17) is 5.73 Å². The van der Waals surface area contributed by atoms with Gasteiger partial charge >= 0.3 is 0 Å². The smallest absolute Gasteiger partial charge is 0.227 e. The van der Waals surface area contributed by atoms with Crippen LogP contribution in [0.1, 0.15) is 39.7 Å². The second-order valence-electron chi connectivity index (χ2n) is 7.07. The Balaban J connectivity index is 2.18. The third-order valence-corrected chi connectivity index (χ3v) is 4.44. The maximum atomic E-state index is 12.6. The molecule has 0 bridgehead atoms. The predicted molar refractivity (Wildman–Crippen MR) is 83.7 cm³/mol. The Hall–Kier alpha value is -1.35. The lowest BCUT2D eigenvalue weighted by atomic mass is 9.80. The van der Waals surface area contributed by atoms with Crippen LogP contribution in [0.5, 0.6) is 0 Å². The molecule has 0 aliphatic carbocycles. The van der Waals surface area contributed by atoms with E-state index < -0.39 is 0 Å². The molecule has 2 atom stereocenters. The van der Waals surface area contributed by atoms with Gasteiger partial charge in [0.1, 0.15) is 0 Å². The van der Waals surface area contributed by atoms with E-state index in [2.05, 4.69) is 33.8 Å². The van der Waals surface area contributed by atoms with Crippen LogP contribution >= 0.6 is 0 Å². The molecule has 1 aliphatic rings. The number of benzene rings is 1. The van der Waals surface area contributed by atoms with Crippen molar-refractivity contribution in [3.05, 3.63) is 29.8 Å². The monoisotopic (exact) mass is 274 g/mol. The molecule has 2 N–H and O–H groups in total. The summed E-state index contributed by atoms with van der Waals surface area (Å²) >= 11 is 0. The van der Waals surface area contributed by atoms with Crippen molar-refractivity contribution in [1.82, 2.24) is 0 Å². The molecule has 1 heterocycles. The first-order valence-electron chi connectivity index (χ1n) is 7.43. The number of para-hydroxylation sites is 1. The summed E-state index contributed by atoms with van der Waals surface area (Å²) in [6, 6.07) is 8.14. The highest BCUT2D eigenvalue weighted by atomic mass is 16.2. The third-order valence-electron chi connectivity index (χ3n) is 4.44. The van der Waals surface area contributed by atoms with E-state index in [-0.39, 0.29) is 17.4 Å². The first-order valence-corrected chi connectivity index (χ1v) is 7.43. The maximum absolute atomic E-state index is 12.6. The van der Waals surface area contributed by atoms with Gasteiger partial charge in [-0.15, -0.1) is 0 Å². The zero-order valence-electron chi connectivity index (χ0n) is 13.0. The number of rotatable bonds is 2. The van der Waals surface area contributed by atoms with Crippen LogP contribution < -0.4 is 10.6 Å². The number of nitrogens with zero attached hydrogens (tertiary/aromatic N) is 1. The van der Waals surface area contributed by atoms with E-state index in [1.807, 2.05) is 23.1 Å². The van der Waals surface area contributed by atoms with Gasteiger partial charge in [0.2, 0.25) is 5.91 Å². The molecular formula is C17H26N2O. The molecule has 0 spiro atoms. The van der Waals surface area contributed by atoms with Crippen molar-refractivity contribution in [2.24, 2.45) is 17.1 Å². The molecule has 3 nitrogen and oxygen atoms in total. The third kappa shape index (κ3) is 3.21. The molecule has 2 unspecified atom stereocenters. The van der Waals surface area contributed by atoms with Gasteiger partial charge in [0.15, 0.2) is 0 Å². The van der Waals surface area contributed by atoms with Gasteiger partial charge in [0, 0.05) is 24.7 Å². The van der Waals surface area contributed by atoms with Crippen LogP contribution in [-0.4, -0.2) is 18.5 Å². The van der Waals surface area contributed by atoms with Crippen LogP contribution in [0.15, 0.2) is 24.3 Å². The standard InChI is InChI=1S/C17H26N2O/c1-12(17(2,3)4)9-16(20)19-11-14(18)10-13-7-5-6-8-15(13)19/h5-8,12,14H,9-11,18H2,1-4H3. The average Bonchev–Trinajstić information content (AvgIpc) is 2.36. The van der Waals surface area contributed by atoms with Crippen LogP contribution in [0.25, 0.3) is 0 Å². The number of nitrogens with two attached hydrogens (primary N) is 1. The van der Waals surface area contributed by atoms with Crippen molar-refractivity contribution < 1.29 is 4.79 Å². The molecule has 0 aromatic heterocycles. The lowest BCUT2D eigenvalue weighted by molar-refractivity contribution is -0.120. The van der Waals surface area contributed by atoms with E-state index in [9.17, 15) is 4.79 Å². The molecule has 2 rings (SSSR count). The highest BCUT2D eigenvalue weighted by Gasteiger charge is 2.29. The van der Waals surface area contributed by atoms with Gasteiger partial charge in [0.05, 0.1) is 0 Å². The quantitative estimate of drug-likeness (QED) is 0.901. The molecule has 1 aromatic rings. The Bertz CT molecular complexity index is 490. The predicted octanol–water partition coefficient (Wildman–Crippen LogP) is 2.98. The molecule has 0 fully saturated rings. The first kappa shape index (κ1) is 15.0. The Morgan fingerprint density at radius 1 is 1.40 bits per heavy atom. The molecule has 0 radical (unpaired) electrons. The average molecular weight is 274 g/mol. The molecule has 0 saturated heterocycles. The Labute approximate surface area is 122 Å². The maximum Gasteiger partial charge on any atom is 0.227 e. The molecule has 110 valence electrons. The fraction of sp³-hybridized carbons (Fsp3) is 0.588. The molecule has 20 heavy (non-hydrogen) atoms. The number of hydrogen-bond acceptors (Lipinski definition) is 2. The van der Waals surface area contributed by atoms with Crippen LogP contribution in [0, 0.1) is 11.3 Å². The topological polar surface area (TPSA) is 46.3 Å². The van der Waals surface area contributed by atoms with E-state index in [1.165, 1.54) is 5.56 Å².